The van der Waals surface area contributed by atoms with Gasteiger partial charge in [-0.3, -0.25) is 24.2 Å². The first-order chi connectivity index (χ1) is 33.8. The summed E-state index contributed by atoms with van der Waals surface area (Å²) in [6.07, 6.45) is -0.832. The molecule has 3 saturated heterocycles. The second-order valence-corrected chi connectivity index (χ2v) is 17.9. The first-order valence-electron chi connectivity index (χ1n) is 23.3. The van der Waals surface area contributed by atoms with Crippen molar-refractivity contribution in [2.24, 2.45) is 5.92 Å². The van der Waals surface area contributed by atoms with Crippen LogP contribution in [0.2, 0.25) is 0 Å². The van der Waals surface area contributed by atoms with Gasteiger partial charge in [-0.15, -0.1) is 0 Å². The molecule has 5 aliphatic heterocycles. The predicted octanol–water partition coefficient (Wildman–Crippen LogP) is 6.81. The van der Waals surface area contributed by atoms with Gasteiger partial charge in [0.2, 0.25) is 18.6 Å². The summed E-state index contributed by atoms with van der Waals surface area (Å²) < 4.78 is 29.6. The molecular weight excluding hydrogens is 873 g/mol. The first kappa shape index (κ1) is 43.9. The van der Waals surface area contributed by atoms with Gasteiger partial charge in [-0.25, -0.2) is 0 Å². The molecule has 5 heterocycles. The van der Waals surface area contributed by atoms with Gasteiger partial charge in [0.1, 0.15) is 35.7 Å². The number of hydrogen-bond donors (Lipinski definition) is 2. The number of fused-ring (bicyclic) bond motifs is 4. The summed E-state index contributed by atoms with van der Waals surface area (Å²) >= 11 is 0. The van der Waals surface area contributed by atoms with Crippen LogP contribution < -0.4 is 24.3 Å². The lowest BCUT2D eigenvalue weighted by Crippen LogP contribution is -2.58. The molecule has 69 heavy (non-hydrogen) atoms. The number of methoxy groups -OCH3 is 1. The van der Waals surface area contributed by atoms with Crippen molar-refractivity contribution in [1.29, 1.82) is 0 Å². The number of morpholine rings is 1. The molecule has 2 N–H and O–H groups in total. The molecule has 6 aromatic carbocycles. The molecule has 0 aliphatic carbocycles. The average Bonchev–Trinajstić information content (AvgIpc) is 4.08. The van der Waals surface area contributed by atoms with E-state index in [9.17, 15) is 5.11 Å². The number of ether oxygens (including phenoxy) is 5. The number of piperazine rings is 1. The van der Waals surface area contributed by atoms with E-state index in [1.165, 1.54) is 0 Å². The van der Waals surface area contributed by atoms with Gasteiger partial charge >= 0.3 is 5.97 Å². The van der Waals surface area contributed by atoms with Crippen LogP contribution in [0.25, 0.3) is 0 Å². The number of cyclic esters (lactones) is 1. The monoisotopic (exact) mass is 922 g/mol. The van der Waals surface area contributed by atoms with E-state index in [-0.39, 0.29) is 25.9 Å². The lowest BCUT2D eigenvalue weighted by Gasteiger charge is -2.46. The number of esters is 1. The second-order valence-electron chi connectivity index (χ2n) is 17.9. The largest absolute Gasteiger partial charge is 0.497 e. The number of nitrogens with zero attached hydrogens (tertiary/aromatic N) is 3. The normalized spacial score (nSPS) is 23.6. The summed E-state index contributed by atoms with van der Waals surface area (Å²) in [6.45, 7) is 2.36. The Morgan fingerprint density at radius 1 is 0.768 bits per heavy atom. The van der Waals surface area contributed by atoms with Gasteiger partial charge in [0.15, 0.2) is 11.5 Å². The smallest absolute Gasteiger partial charge is 0.324 e. The van der Waals surface area contributed by atoms with Crippen molar-refractivity contribution in [1.82, 2.24) is 14.7 Å². The Morgan fingerprint density at radius 2 is 1.46 bits per heavy atom. The van der Waals surface area contributed by atoms with Crippen LogP contribution in [0.15, 0.2) is 146 Å². The number of para-hydroxylation sites is 1. The molecule has 1 spiro atoms. The highest BCUT2D eigenvalue weighted by Crippen LogP contribution is 2.66. The van der Waals surface area contributed by atoms with Gasteiger partial charge in [0.05, 0.1) is 31.7 Å². The number of carbonyl (C=O) groups is 3. The van der Waals surface area contributed by atoms with Crippen LogP contribution in [0.4, 0.5) is 5.69 Å². The van der Waals surface area contributed by atoms with Crippen molar-refractivity contribution < 1.29 is 43.2 Å². The molecule has 11 rings (SSSR count). The molecule has 13 nitrogen and oxygen atoms in total. The SMILES string of the molecule is COc1ccc(C#Cc2ccc3c(c2)C2(C(=O)N3)C(C(=O)N3CCN(Cc4ccc5c(c4)OCO5)CC3)C3C(=O)OC(c4ccccc4)C(c4ccccc4)N3C2c2ccccc2OCCO)cc1. The summed E-state index contributed by atoms with van der Waals surface area (Å²) in [7, 11) is 1.61. The summed E-state index contributed by atoms with van der Waals surface area (Å²) in [6, 6.07) is 42.9. The maximum atomic E-state index is 16.1. The molecule has 6 atom stereocenters. The summed E-state index contributed by atoms with van der Waals surface area (Å²) in [5.41, 5.74) is 3.93. The number of benzene rings is 6. The molecule has 0 aromatic heterocycles. The molecule has 0 radical (unpaired) electrons. The lowest BCUT2D eigenvalue weighted by atomic mass is 9.64. The van der Waals surface area contributed by atoms with E-state index in [4.69, 9.17) is 23.7 Å². The Balaban J connectivity index is 1.09. The lowest BCUT2D eigenvalue weighted by molar-refractivity contribution is -0.179. The van der Waals surface area contributed by atoms with Crippen LogP contribution in [0.5, 0.6) is 23.0 Å². The van der Waals surface area contributed by atoms with Crippen molar-refractivity contribution in [3.63, 3.8) is 0 Å². The average molecular weight is 923 g/mol. The minimum atomic E-state index is -1.74. The topological polar surface area (TPSA) is 139 Å². The van der Waals surface area contributed by atoms with Crippen LogP contribution in [-0.2, 0) is 31.1 Å². The number of rotatable bonds is 10. The minimum absolute atomic E-state index is 0.0241. The van der Waals surface area contributed by atoms with E-state index in [0.717, 1.165) is 22.3 Å². The number of carbonyl (C=O) groups excluding carboxylic acids is 3. The number of hydrogen-bond acceptors (Lipinski definition) is 11. The van der Waals surface area contributed by atoms with E-state index in [1.807, 2.05) is 144 Å². The van der Waals surface area contributed by atoms with Crippen LogP contribution >= 0.6 is 0 Å². The maximum Gasteiger partial charge on any atom is 0.324 e. The maximum absolute atomic E-state index is 16.1. The van der Waals surface area contributed by atoms with E-state index in [0.29, 0.717) is 78.1 Å². The van der Waals surface area contributed by atoms with Crippen molar-refractivity contribution in [2.75, 3.05) is 58.6 Å². The minimum Gasteiger partial charge on any atom is -0.497 e. The predicted molar refractivity (Wildman–Crippen MR) is 255 cm³/mol. The number of anilines is 1. The van der Waals surface area contributed by atoms with E-state index in [2.05, 4.69) is 27.0 Å². The third-order valence-corrected chi connectivity index (χ3v) is 14.1. The molecule has 13 heteroatoms. The zero-order valence-electron chi connectivity index (χ0n) is 38.0. The van der Waals surface area contributed by atoms with Gasteiger partial charge in [-0.2, -0.15) is 0 Å². The van der Waals surface area contributed by atoms with E-state index in [1.54, 1.807) is 13.2 Å². The van der Waals surface area contributed by atoms with E-state index < -0.39 is 47.4 Å². The molecule has 0 bridgehead atoms. The molecule has 6 aromatic rings. The third-order valence-electron chi connectivity index (χ3n) is 14.1. The highest BCUT2D eigenvalue weighted by Gasteiger charge is 2.74. The number of aliphatic hydroxyl groups excluding tert-OH is 1. The molecule has 348 valence electrons. The Kier molecular flexibility index (Phi) is 11.7. The fourth-order valence-corrected chi connectivity index (χ4v) is 11.1. The number of nitrogens with one attached hydrogen (secondary N) is 1. The Bertz CT molecular complexity index is 2970. The Hall–Kier alpha value is -7.63. The summed E-state index contributed by atoms with van der Waals surface area (Å²) in [5.74, 6) is 6.49. The van der Waals surface area contributed by atoms with Crippen molar-refractivity contribution in [2.45, 2.75) is 36.2 Å². The molecule has 6 unspecified atom stereocenters. The van der Waals surface area contributed by atoms with Gasteiger partial charge in [-0.05, 0) is 82.9 Å². The van der Waals surface area contributed by atoms with Gasteiger partial charge < -0.3 is 39.0 Å². The van der Waals surface area contributed by atoms with Gasteiger partial charge in [0, 0.05) is 55.1 Å². The van der Waals surface area contributed by atoms with E-state index >= 15 is 14.4 Å². The Labute approximate surface area is 400 Å². The quantitative estimate of drug-likeness (QED) is 0.111. The standard InChI is InChI=1S/C56H50N4O9/c1-65-41-22-18-36(19-23-41)16-17-37-20-24-44-43(32-37)56(55(64)57-44)48(53(62)59-28-26-58(27-29-59)34-38-21-25-46-47(33-38)68-35-67-46)50-54(63)69-51(40-12-6-3-7-13-40)49(39-10-4-2-5-11-39)60(50)52(56)42-14-8-9-15-45(42)66-31-30-61/h2-15,18-25,32-33,48-52,61H,26-31,34-35H2,1H3,(H,57,64). The van der Waals surface area contributed by atoms with Crippen molar-refractivity contribution >= 4 is 23.5 Å². The Morgan fingerprint density at radius 3 is 2.22 bits per heavy atom. The zero-order valence-corrected chi connectivity index (χ0v) is 38.0. The molecule has 0 saturated carbocycles. The summed E-state index contributed by atoms with van der Waals surface area (Å²) in [5, 5.41) is 13.3. The molecular formula is C56H50N4O9. The number of aliphatic hydroxyl groups is 1. The van der Waals surface area contributed by atoms with Crippen molar-refractivity contribution in [3.8, 4) is 34.8 Å². The zero-order chi connectivity index (χ0) is 47.1. The van der Waals surface area contributed by atoms with Crippen molar-refractivity contribution in [3.05, 3.63) is 185 Å². The van der Waals surface area contributed by atoms with Crippen LogP contribution in [0.1, 0.15) is 57.1 Å². The van der Waals surface area contributed by atoms with Crippen LogP contribution in [-0.4, -0.2) is 96.9 Å². The highest BCUT2D eigenvalue weighted by atomic mass is 16.7. The summed E-state index contributed by atoms with van der Waals surface area (Å²) in [4.78, 5) is 53.6. The fourth-order valence-electron chi connectivity index (χ4n) is 11.1. The molecule has 5 aliphatic rings. The van der Waals surface area contributed by atoms with Crippen LogP contribution in [0.3, 0.4) is 0 Å². The first-order valence-corrected chi connectivity index (χ1v) is 23.3. The third kappa shape index (κ3) is 7.80. The second kappa shape index (κ2) is 18.5. The van der Waals surface area contributed by atoms with Crippen LogP contribution in [0, 0.1) is 17.8 Å². The highest BCUT2D eigenvalue weighted by molar-refractivity contribution is 6.12. The molecule has 3 fully saturated rings. The van der Waals surface area contributed by atoms with Gasteiger partial charge in [-0.1, -0.05) is 96.8 Å². The fraction of sp³-hybridized carbons (Fsp3) is 0.268. The number of amides is 2. The van der Waals surface area contributed by atoms with Gasteiger partial charge in [0.25, 0.3) is 0 Å². The molecule has 2 amide bonds.